The van der Waals surface area contributed by atoms with Crippen LogP contribution >= 0.6 is 22.5 Å². The Hall–Kier alpha value is -0.300. The molecule has 0 unspecified atom stereocenters. The molecule has 1 rings (SSSR count). The molecule has 1 aromatic heterocycles. The highest BCUT2D eigenvalue weighted by molar-refractivity contribution is 8.68. The molecule has 2 nitrogen and oxygen atoms in total. The average Bonchev–Trinajstić information content (AvgIpc) is 2.31. The number of hydrogen-bond donors (Lipinski definition) is 2. The van der Waals surface area contributed by atoms with E-state index in [0.29, 0.717) is 10.8 Å². The van der Waals surface area contributed by atoms with Gasteiger partial charge in [0.05, 0.1) is 11.1 Å². The molecule has 0 aromatic carbocycles. The average molecular weight is 200 g/mol. The van der Waals surface area contributed by atoms with Crippen LogP contribution in [0.4, 0.5) is 13.2 Å². The van der Waals surface area contributed by atoms with Gasteiger partial charge in [-0.05, 0) is 0 Å². The Kier molecular flexibility index (Phi) is 2.38. The molecule has 0 aliphatic carbocycles. The molecule has 11 heavy (non-hydrogen) atoms. The van der Waals surface area contributed by atoms with E-state index in [9.17, 15) is 13.2 Å². The van der Waals surface area contributed by atoms with Gasteiger partial charge in [0.25, 0.3) is 0 Å². The van der Waals surface area contributed by atoms with Crippen molar-refractivity contribution in [2.24, 2.45) is 0 Å². The van der Waals surface area contributed by atoms with Crippen molar-refractivity contribution in [2.45, 2.75) is 11.1 Å². The molecule has 0 amide bonds. The van der Waals surface area contributed by atoms with Gasteiger partial charge in [-0.2, -0.15) is 18.3 Å². The van der Waals surface area contributed by atoms with Crippen LogP contribution in [0.25, 0.3) is 0 Å². The summed E-state index contributed by atoms with van der Waals surface area (Å²) < 4.78 is 35.9. The smallest absolute Gasteiger partial charge is 0.273 e. The van der Waals surface area contributed by atoms with E-state index in [2.05, 4.69) is 16.8 Å². The number of thiol groups is 1. The van der Waals surface area contributed by atoms with E-state index in [1.54, 1.807) is 0 Å². The maximum atomic E-state index is 12.0. The molecule has 0 fully saturated rings. The lowest BCUT2D eigenvalue weighted by Gasteiger charge is -2.03. The lowest BCUT2D eigenvalue weighted by atomic mass is 10.4. The first kappa shape index (κ1) is 8.79. The number of hydrogen-bond acceptors (Lipinski definition) is 3. The fourth-order valence-corrected chi connectivity index (χ4v) is 1.32. The van der Waals surface area contributed by atoms with Crippen molar-refractivity contribution in [3.05, 3.63) is 11.9 Å². The van der Waals surface area contributed by atoms with Gasteiger partial charge in [0.1, 0.15) is 0 Å². The summed E-state index contributed by atoms with van der Waals surface area (Å²) in [6, 6.07) is 0. The van der Waals surface area contributed by atoms with Crippen LogP contribution in [0.1, 0.15) is 5.69 Å². The number of rotatable bonds is 1. The monoisotopic (exact) mass is 200 g/mol. The second kappa shape index (κ2) is 2.98. The molecule has 0 aliphatic heterocycles. The second-order valence-corrected chi connectivity index (χ2v) is 2.87. The van der Waals surface area contributed by atoms with Crippen LogP contribution in [0.5, 0.6) is 0 Å². The zero-order valence-electron chi connectivity index (χ0n) is 5.01. The van der Waals surface area contributed by atoms with Gasteiger partial charge in [-0.25, -0.2) is 0 Å². The van der Waals surface area contributed by atoms with E-state index in [-0.39, 0.29) is 4.90 Å². The summed E-state index contributed by atoms with van der Waals surface area (Å²) in [5.41, 5.74) is -0.850. The number of aromatic nitrogens is 2. The third-order valence-electron chi connectivity index (χ3n) is 0.986. The topological polar surface area (TPSA) is 28.7 Å². The molecular formula is C4H3F3N2S2. The van der Waals surface area contributed by atoms with E-state index in [1.807, 2.05) is 5.10 Å². The Morgan fingerprint density at radius 3 is 2.55 bits per heavy atom. The minimum atomic E-state index is -4.37. The highest BCUT2D eigenvalue weighted by Gasteiger charge is 2.35. The van der Waals surface area contributed by atoms with Crippen LogP contribution in [0, 0.1) is 0 Å². The molecule has 0 saturated heterocycles. The Labute approximate surface area is 69.4 Å². The maximum Gasteiger partial charge on any atom is 0.433 e. The molecule has 0 bridgehead atoms. The summed E-state index contributed by atoms with van der Waals surface area (Å²) in [6.07, 6.45) is -3.29. The molecule has 0 aliphatic rings. The van der Waals surface area contributed by atoms with Crippen LogP contribution in [0.3, 0.4) is 0 Å². The molecule has 1 N–H and O–H groups in total. The van der Waals surface area contributed by atoms with Crippen molar-refractivity contribution >= 4 is 22.5 Å². The summed E-state index contributed by atoms with van der Waals surface area (Å²) >= 11 is 3.63. The lowest BCUT2D eigenvalue weighted by molar-refractivity contribution is -0.143. The van der Waals surface area contributed by atoms with Crippen LogP contribution in [0.15, 0.2) is 11.1 Å². The zero-order chi connectivity index (χ0) is 8.48. The van der Waals surface area contributed by atoms with Gasteiger partial charge < -0.3 is 0 Å². The largest absolute Gasteiger partial charge is 0.433 e. The molecule has 7 heteroatoms. The maximum absolute atomic E-state index is 12.0. The van der Waals surface area contributed by atoms with Gasteiger partial charge in [0.2, 0.25) is 0 Å². The molecule has 62 valence electrons. The van der Waals surface area contributed by atoms with E-state index in [1.165, 1.54) is 0 Å². The SMILES string of the molecule is FC(F)(F)c1[nH]ncc1SS. The fourth-order valence-electron chi connectivity index (χ4n) is 0.547. The van der Waals surface area contributed by atoms with Gasteiger partial charge in [0.15, 0.2) is 5.69 Å². The van der Waals surface area contributed by atoms with Crippen molar-refractivity contribution < 1.29 is 13.2 Å². The molecule has 1 aromatic rings. The predicted octanol–water partition coefficient (Wildman–Crippen LogP) is 2.37. The summed E-state index contributed by atoms with van der Waals surface area (Å²) in [4.78, 5) is -0.0131. The quantitative estimate of drug-likeness (QED) is 0.538. The summed E-state index contributed by atoms with van der Waals surface area (Å²) in [5, 5.41) is 5.10. The Bertz CT molecular complexity index is 244. The summed E-state index contributed by atoms with van der Waals surface area (Å²) in [7, 11) is 0.710. The van der Waals surface area contributed by atoms with E-state index in [4.69, 9.17) is 0 Å². The molecular weight excluding hydrogens is 197 g/mol. The van der Waals surface area contributed by atoms with E-state index >= 15 is 0 Å². The third kappa shape index (κ3) is 1.84. The van der Waals surface area contributed by atoms with Crippen molar-refractivity contribution in [1.29, 1.82) is 0 Å². The minimum Gasteiger partial charge on any atom is -0.273 e. The molecule has 1 heterocycles. The number of alkyl halides is 3. The summed E-state index contributed by atoms with van der Waals surface area (Å²) in [5.74, 6) is 0. The van der Waals surface area contributed by atoms with Gasteiger partial charge in [0, 0.05) is 0 Å². The number of nitrogens with zero attached hydrogens (tertiary/aromatic N) is 1. The Balaban J connectivity index is 3.02. The van der Waals surface area contributed by atoms with Gasteiger partial charge in [-0.3, -0.25) is 5.10 Å². The van der Waals surface area contributed by atoms with Gasteiger partial charge in [-0.15, -0.1) is 11.7 Å². The van der Waals surface area contributed by atoms with Crippen LogP contribution < -0.4 is 0 Å². The predicted molar refractivity (Wildman–Crippen MR) is 38.4 cm³/mol. The van der Waals surface area contributed by atoms with Crippen molar-refractivity contribution in [2.75, 3.05) is 0 Å². The van der Waals surface area contributed by atoms with Crippen molar-refractivity contribution in [3.8, 4) is 0 Å². The van der Waals surface area contributed by atoms with Gasteiger partial charge in [-0.1, -0.05) is 10.8 Å². The number of H-pyrrole nitrogens is 1. The zero-order valence-corrected chi connectivity index (χ0v) is 6.72. The van der Waals surface area contributed by atoms with Crippen molar-refractivity contribution in [1.82, 2.24) is 10.2 Å². The Morgan fingerprint density at radius 2 is 2.18 bits per heavy atom. The minimum absolute atomic E-state index is 0.0131. The Morgan fingerprint density at radius 1 is 1.55 bits per heavy atom. The highest BCUT2D eigenvalue weighted by atomic mass is 33.1. The van der Waals surface area contributed by atoms with Crippen LogP contribution in [-0.4, -0.2) is 10.2 Å². The van der Waals surface area contributed by atoms with Crippen molar-refractivity contribution in [3.63, 3.8) is 0 Å². The number of halogens is 3. The van der Waals surface area contributed by atoms with Crippen LogP contribution in [-0.2, 0) is 6.18 Å². The van der Waals surface area contributed by atoms with E-state index < -0.39 is 11.9 Å². The third-order valence-corrected chi connectivity index (χ3v) is 2.08. The first-order chi connectivity index (χ1) is 5.05. The van der Waals surface area contributed by atoms with Crippen LogP contribution in [0.2, 0.25) is 0 Å². The fraction of sp³-hybridized carbons (Fsp3) is 0.250. The standard InChI is InChI=1S/C4H3F3N2S2/c5-4(6,7)3-2(11-10)1-8-9-3/h1,10H,(H,8,9). The summed E-state index contributed by atoms with van der Waals surface area (Å²) in [6.45, 7) is 0. The molecule has 0 atom stereocenters. The van der Waals surface area contributed by atoms with E-state index in [0.717, 1.165) is 6.20 Å². The number of aromatic amines is 1. The highest BCUT2D eigenvalue weighted by Crippen LogP contribution is 2.35. The molecule has 0 spiro atoms. The van der Waals surface area contributed by atoms with Gasteiger partial charge >= 0.3 is 6.18 Å². The lowest BCUT2D eigenvalue weighted by Crippen LogP contribution is -2.06. The second-order valence-electron chi connectivity index (χ2n) is 1.70. The number of nitrogens with one attached hydrogen (secondary N) is 1. The first-order valence-corrected chi connectivity index (χ1v) is 4.34. The first-order valence-electron chi connectivity index (χ1n) is 2.47. The normalized spacial score (nSPS) is 12.0. The molecule has 0 saturated carbocycles. The molecule has 0 radical (unpaired) electrons.